The molecule has 2 aliphatic heterocycles. The lowest BCUT2D eigenvalue weighted by molar-refractivity contribution is 0.952. The van der Waals surface area contributed by atoms with Crippen molar-refractivity contribution < 1.29 is 0 Å². The molecule has 16 heavy (non-hydrogen) atoms. The van der Waals surface area contributed by atoms with Crippen LogP contribution in [0.15, 0.2) is 35.5 Å². The van der Waals surface area contributed by atoms with E-state index in [1.165, 1.54) is 6.07 Å². The van der Waals surface area contributed by atoms with Gasteiger partial charge in [-0.3, -0.25) is 14.8 Å². The van der Waals surface area contributed by atoms with E-state index >= 15 is 0 Å². The van der Waals surface area contributed by atoms with Gasteiger partial charge in [-0.05, 0) is 11.3 Å². The molecule has 6 nitrogen and oxygen atoms in total. The van der Waals surface area contributed by atoms with Crippen LogP contribution in [0.1, 0.15) is 0 Å². The van der Waals surface area contributed by atoms with Crippen LogP contribution < -0.4 is 5.43 Å². The number of hydrogen-bond acceptors (Lipinski definition) is 6. The Bertz CT molecular complexity index is 656. The minimum atomic E-state index is -0.228. The number of hydrogen-bond donors (Lipinski definition) is 0. The van der Waals surface area contributed by atoms with Crippen LogP contribution in [-0.4, -0.2) is 25.4 Å². The molecular weight excluding hydrogens is 206 g/mol. The van der Waals surface area contributed by atoms with Crippen molar-refractivity contribution in [2.75, 3.05) is 0 Å². The van der Waals surface area contributed by atoms with Gasteiger partial charge in [0.25, 0.3) is 0 Å². The number of benzene rings is 1. The van der Waals surface area contributed by atoms with E-state index < -0.39 is 0 Å². The van der Waals surface area contributed by atoms with Gasteiger partial charge in [-0.25, -0.2) is 0 Å². The highest BCUT2D eigenvalue weighted by atomic mass is 16.1. The standard InChI is InChI=1S/C10H5N5O/c16-8-4-7-6(5-11-2-1-3-12-7)9-10(8)14-15-13-9/h1-5H. The fraction of sp³-hybridized carbons (Fsp3) is 0. The van der Waals surface area contributed by atoms with Crippen molar-refractivity contribution in [2.45, 2.75) is 0 Å². The molecule has 0 saturated heterocycles. The molecule has 0 atom stereocenters. The van der Waals surface area contributed by atoms with Crippen molar-refractivity contribution in [1.82, 2.24) is 25.4 Å². The van der Waals surface area contributed by atoms with E-state index in [-0.39, 0.29) is 11.1 Å². The Kier molecular flexibility index (Phi) is 1.79. The maximum atomic E-state index is 11.6. The van der Waals surface area contributed by atoms with Gasteiger partial charge in [0.1, 0.15) is 5.69 Å². The van der Waals surface area contributed by atoms with Crippen LogP contribution >= 0.6 is 0 Å². The quantitative estimate of drug-likeness (QED) is 0.529. The molecule has 0 aromatic rings. The molecule has 1 aliphatic carbocycles. The topological polar surface area (TPSA) is 81.5 Å². The van der Waals surface area contributed by atoms with Crippen molar-refractivity contribution in [1.29, 1.82) is 0 Å². The van der Waals surface area contributed by atoms with Gasteiger partial charge < -0.3 is 0 Å². The highest BCUT2D eigenvalue weighted by Gasteiger charge is 2.20. The second-order valence-corrected chi connectivity index (χ2v) is 3.19. The highest BCUT2D eigenvalue weighted by molar-refractivity contribution is 5.78. The Morgan fingerprint density at radius 3 is 2.88 bits per heavy atom. The third-order valence-corrected chi connectivity index (χ3v) is 2.22. The van der Waals surface area contributed by atoms with E-state index in [2.05, 4.69) is 25.4 Å². The summed E-state index contributed by atoms with van der Waals surface area (Å²) in [6.07, 6.45) is 4.78. The molecule has 0 aromatic carbocycles. The van der Waals surface area contributed by atoms with E-state index in [4.69, 9.17) is 0 Å². The zero-order valence-corrected chi connectivity index (χ0v) is 8.03. The van der Waals surface area contributed by atoms with Crippen LogP contribution in [0.4, 0.5) is 0 Å². The van der Waals surface area contributed by atoms with Gasteiger partial charge in [-0.2, -0.15) is 0 Å². The number of aromatic nitrogens is 5. The van der Waals surface area contributed by atoms with Gasteiger partial charge in [0, 0.05) is 30.2 Å². The van der Waals surface area contributed by atoms with Crippen molar-refractivity contribution in [3.63, 3.8) is 0 Å². The molecule has 6 heteroatoms. The molecule has 2 heterocycles. The normalized spacial score (nSPS) is 10.8. The molecule has 3 rings (SSSR count). The lowest BCUT2D eigenvalue weighted by atomic mass is 10.1. The molecule has 0 aromatic heterocycles. The van der Waals surface area contributed by atoms with Crippen LogP contribution in [0.2, 0.25) is 0 Å². The number of rotatable bonds is 0. The molecule has 0 radical (unpaired) electrons. The lowest BCUT2D eigenvalue weighted by Gasteiger charge is -2.02. The summed E-state index contributed by atoms with van der Waals surface area (Å²) < 4.78 is 0. The SMILES string of the molecule is O=c1cc2ncccncc-2c2nnnc1-2. The molecule has 0 amide bonds. The zero-order chi connectivity index (χ0) is 11.0. The van der Waals surface area contributed by atoms with Gasteiger partial charge in [-0.15, -0.1) is 10.2 Å². The lowest BCUT2D eigenvalue weighted by Crippen LogP contribution is -2.07. The van der Waals surface area contributed by atoms with Crippen molar-refractivity contribution in [3.05, 3.63) is 40.9 Å². The van der Waals surface area contributed by atoms with Gasteiger partial charge in [0.15, 0.2) is 5.69 Å². The van der Waals surface area contributed by atoms with Crippen LogP contribution in [0, 0.1) is 0 Å². The first-order valence-electron chi connectivity index (χ1n) is 4.58. The molecule has 0 unspecified atom stereocenters. The summed E-state index contributed by atoms with van der Waals surface area (Å²) in [6.45, 7) is 0. The third kappa shape index (κ3) is 1.20. The Morgan fingerprint density at radius 2 is 1.94 bits per heavy atom. The Labute approximate surface area is 89.7 Å². The second kappa shape index (κ2) is 3.27. The average molecular weight is 211 g/mol. The van der Waals surface area contributed by atoms with E-state index in [0.717, 1.165) is 0 Å². The average Bonchev–Trinajstić information content (AvgIpc) is 2.70. The van der Waals surface area contributed by atoms with Crippen molar-refractivity contribution >= 4 is 0 Å². The first-order chi connectivity index (χ1) is 7.86. The van der Waals surface area contributed by atoms with E-state index in [9.17, 15) is 4.79 Å². The summed E-state index contributed by atoms with van der Waals surface area (Å²) in [5.41, 5.74) is 1.67. The van der Waals surface area contributed by atoms with Crippen LogP contribution in [0.5, 0.6) is 0 Å². The van der Waals surface area contributed by atoms with E-state index in [0.29, 0.717) is 17.0 Å². The molecule has 76 valence electrons. The monoisotopic (exact) mass is 211 g/mol. The molecule has 0 spiro atoms. The predicted molar refractivity (Wildman–Crippen MR) is 54.9 cm³/mol. The van der Waals surface area contributed by atoms with Crippen molar-refractivity contribution in [3.8, 4) is 22.6 Å². The molecule has 0 bridgehead atoms. The third-order valence-electron chi connectivity index (χ3n) is 2.22. The van der Waals surface area contributed by atoms with Crippen LogP contribution in [-0.2, 0) is 0 Å². The predicted octanol–water partition coefficient (Wildman–Crippen LogP) is 0.231. The molecule has 0 fully saturated rings. The minimum Gasteiger partial charge on any atom is -0.287 e. The maximum absolute atomic E-state index is 11.6. The number of fused-ring (bicyclic) bond motifs is 3. The molecule has 0 saturated carbocycles. The Morgan fingerprint density at radius 1 is 1.06 bits per heavy atom. The van der Waals surface area contributed by atoms with Gasteiger partial charge in [-0.1, -0.05) is 0 Å². The number of nitrogens with zero attached hydrogens (tertiary/aromatic N) is 5. The fourth-order valence-electron chi connectivity index (χ4n) is 1.51. The van der Waals surface area contributed by atoms with Gasteiger partial charge in [0.05, 0.1) is 5.69 Å². The van der Waals surface area contributed by atoms with Crippen LogP contribution in [0.25, 0.3) is 22.6 Å². The summed E-state index contributed by atoms with van der Waals surface area (Å²) in [6, 6.07) is 3.10. The molecule has 0 N–H and O–H groups in total. The smallest absolute Gasteiger partial charge is 0.210 e. The van der Waals surface area contributed by atoms with Crippen molar-refractivity contribution in [2.24, 2.45) is 0 Å². The minimum absolute atomic E-state index is 0.228. The summed E-state index contributed by atoms with van der Waals surface area (Å²) in [5, 5.41) is 11.0. The zero-order valence-electron chi connectivity index (χ0n) is 8.03. The maximum Gasteiger partial charge on any atom is 0.210 e. The van der Waals surface area contributed by atoms with E-state index in [1.54, 1.807) is 24.7 Å². The van der Waals surface area contributed by atoms with Crippen LogP contribution in [0.3, 0.4) is 0 Å². The summed E-state index contributed by atoms with van der Waals surface area (Å²) >= 11 is 0. The molecule has 3 aliphatic rings. The summed E-state index contributed by atoms with van der Waals surface area (Å²) in [4.78, 5) is 19.8. The highest BCUT2D eigenvalue weighted by Crippen LogP contribution is 2.25. The first kappa shape index (κ1) is 8.78. The summed E-state index contributed by atoms with van der Waals surface area (Å²) in [5.74, 6) is 0. The van der Waals surface area contributed by atoms with Gasteiger partial charge in [0.2, 0.25) is 5.43 Å². The van der Waals surface area contributed by atoms with E-state index in [1.807, 2.05) is 0 Å². The Balaban J connectivity index is 2.50. The van der Waals surface area contributed by atoms with Gasteiger partial charge >= 0.3 is 0 Å². The second-order valence-electron chi connectivity index (χ2n) is 3.19. The first-order valence-corrected chi connectivity index (χ1v) is 4.58. The largest absolute Gasteiger partial charge is 0.287 e. The Hall–Kier alpha value is -2.50. The summed E-state index contributed by atoms with van der Waals surface area (Å²) in [7, 11) is 0. The fourth-order valence-corrected chi connectivity index (χ4v) is 1.51. The molecular formula is C10H5N5O.